The molecule has 0 unspecified atom stereocenters. The first-order valence-corrected chi connectivity index (χ1v) is 8.13. The van der Waals surface area contributed by atoms with Gasteiger partial charge in [-0.05, 0) is 24.4 Å². The molecule has 2 rings (SSSR count). The van der Waals surface area contributed by atoms with Crippen LogP contribution in [0.25, 0.3) is 0 Å². The third-order valence-electron chi connectivity index (χ3n) is 3.24. The summed E-state index contributed by atoms with van der Waals surface area (Å²) in [6, 6.07) is 10.3. The third-order valence-corrected chi connectivity index (χ3v) is 3.81. The molecule has 2 aromatic rings. The number of hydrogen-bond donors (Lipinski definition) is 3. The molecule has 0 aliphatic carbocycles. The van der Waals surface area contributed by atoms with E-state index in [4.69, 9.17) is 23.8 Å². The summed E-state index contributed by atoms with van der Waals surface area (Å²) in [4.78, 5) is 20.7. The van der Waals surface area contributed by atoms with E-state index in [0.29, 0.717) is 24.5 Å². The molecule has 0 aliphatic rings. The molecule has 136 valence electrons. The van der Waals surface area contributed by atoms with E-state index >= 15 is 0 Å². The standard InChI is InChI=1S/C15H14ClN5O4S/c16-11-6-5-10(20(22)23)9-13(11)19-15(26)18-8-7-17-12-3-1-2-4-14(12)21(24)25/h1-6,9,17H,7-8H2,(H2,18,19,26). The van der Waals surface area contributed by atoms with Crippen LogP contribution in [0.4, 0.5) is 22.7 Å². The summed E-state index contributed by atoms with van der Waals surface area (Å²) in [6.45, 7) is 0.736. The van der Waals surface area contributed by atoms with Crippen molar-refractivity contribution < 1.29 is 9.85 Å². The zero-order valence-electron chi connectivity index (χ0n) is 13.3. The van der Waals surface area contributed by atoms with Crippen molar-refractivity contribution in [3.05, 3.63) is 67.7 Å². The molecular weight excluding hydrogens is 382 g/mol. The molecule has 0 aliphatic heterocycles. The Balaban J connectivity index is 1.86. The Labute approximate surface area is 158 Å². The second-order valence-corrected chi connectivity index (χ2v) is 5.82. The highest BCUT2D eigenvalue weighted by molar-refractivity contribution is 7.80. The maximum atomic E-state index is 10.9. The van der Waals surface area contributed by atoms with Gasteiger partial charge in [-0.1, -0.05) is 23.7 Å². The van der Waals surface area contributed by atoms with Crippen molar-refractivity contribution in [3.8, 4) is 0 Å². The Kier molecular flexibility index (Phi) is 6.64. The number of nitrogens with one attached hydrogen (secondary N) is 3. The summed E-state index contributed by atoms with van der Waals surface area (Å²) in [5.74, 6) is 0. The number of nitrogens with zero attached hydrogens (tertiary/aromatic N) is 2. The molecule has 0 fully saturated rings. The molecule has 0 spiro atoms. The van der Waals surface area contributed by atoms with Crippen LogP contribution >= 0.6 is 23.8 Å². The third kappa shape index (κ3) is 5.26. The van der Waals surface area contributed by atoms with Gasteiger partial charge >= 0.3 is 0 Å². The molecule has 0 saturated heterocycles. The Morgan fingerprint density at radius 1 is 1.04 bits per heavy atom. The SMILES string of the molecule is O=[N+]([O-])c1ccc(Cl)c(NC(=S)NCCNc2ccccc2[N+](=O)[O-])c1. The molecule has 11 heteroatoms. The molecule has 2 aromatic carbocycles. The molecule has 9 nitrogen and oxygen atoms in total. The van der Waals surface area contributed by atoms with Crippen LogP contribution in [0.2, 0.25) is 5.02 Å². The number of thiocarbonyl (C=S) groups is 1. The minimum absolute atomic E-state index is 0.0171. The number of rotatable bonds is 7. The molecule has 0 saturated carbocycles. The zero-order chi connectivity index (χ0) is 19.1. The highest BCUT2D eigenvalue weighted by Crippen LogP contribution is 2.26. The molecule has 0 radical (unpaired) electrons. The van der Waals surface area contributed by atoms with Crippen LogP contribution < -0.4 is 16.0 Å². The highest BCUT2D eigenvalue weighted by atomic mass is 35.5. The van der Waals surface area contributed by atoms with Crippen LogP contribution in [0.5, 0.6) is 0 Å². The fraction of sp³-hybridized carbons (Fsp3) is 0.133. The van der Waals surface area contributed by atoms with Crippen molar-refractivity contribution in [1.82, 2.24) is 5.32 Å². The normalized spacial score (nSPS) is 10.0. The Morgan fingerprint density at radius 2 is 1.77 bits per heavy atom. The molecule has 0 bridgehead atoms. The van der Waals surface area contributed by atoms with Crippen molar-refractivity contribution in [1.29, 1.82) is 0 Å². The highest BCUT2D eigenvalue weighted by Gasteiger charge is 2.12. The number of anilines is 2. The lowest BCUT2D eigenvalue weighted by atomic mass is 10.2. The minimum atomic E-state index is -0.533. The van der Waals surface area contributed by atoms with Crippen LogP contribution in [0, 0.1) is 20.2 Å². The summed E-state index contributed by atoms with van der Waals surface area (Å²) < 4.78 is 0. The van der Waals surface area contributed by atoms with E-state index in [-0.39, 0.29) is 21.5 Å². The number of halogens is 1. The zero-order valence-corrected chi connectivity index (χ0v) is 14.8. The first-order chi connectivity index (χ1) is 12.4. The van der Waals surface area contributed by atoms with Gasteiger partial charge in [0.15, 0.2) is 5.11 Å². The number of nitro groups is 2. The van der Waals surface area contributed by atoms with Gasteiger partial charge < -0.3 is 16.0 Å². The van der Waals surface area contributed by atoms with Gasteiger partial charge in [0.2, 0.25) is 0 Å². The van der Waals surface area contributed by atoms with E-state index in [1.54, 1.807) is 18.2 Å². The maximum absolute atomic E-state index is 10.9. The Bertz CT molecular complexity index is 849. The topological polar surface area (TPSA) is 122 Å². The van der Waals surface area contributed by atoms with Crippen LogP contribution in [0.3, 0.4) is 0 Å². The van der Waals surface area contributed by atoms with E-state index < -0.39 is 9.85 Å². The van der Waals surface area contributed by atoms with Crippen LogP contribution in [0.1, 0.15) is 0 Å². The minimum Gasteiger partial charge on any atom is -0.378 e. The summed E-state index contributed by atoms with van der Waals surface area (Å²) in [6.07, 6.45) is 0. The van der Waals surface area contributed by atoms with Crippen molar-refractivity contribution in [2.45, 2.75) is 0 Å². The summed E-state index contributed by atoms with van der Waals surface area (Å²) in [5, 5.41) is 30.9. The number of benzene rings is 2. The molecular formula is C15H14ClN5O4S. The smallest absolute Gasteiger partial charge is 0.292 e. The summed E-state index contributed by atoms with van der Waals surface area (Å²) in [5.41, 5.74) is 0.583. The Hall–Kier alpha value is -2.98. The summed E-state index contributed by atoms with van der Waals surface area (Å²) in [7, 11) is 0. The van der Waals surface area contributed by atoms with Crippen molar-refractivity contribution >= 4 is 51.7 Å². The lowest BCUT2D eigenvalue weighted by Crippen LogP contribution is -2.32. The van der Waals surface area contributed by atoms with Crippen molar-refractivity contribution in [3.63, 3.8) is 0 Å². The lowest BCUT2D eigenvalue weighted by Gasteiger charge is -2.12. The largest absolute Gasteiger partial charge is 0.378 e. The van der Waals surface area contributed by atoms with E-state index in [0.717, 1.165) is 0 Å². The van der Waals surface area contributed by atoms with Crippen LogP contribution in [-0.2, 0) is 0 Å². The fourth-order valence-electron chi connectivity index (χ4n) is 2.04. The predicted octanol–water partition coefficient (Wildman–Crippen LogP) is 3.55. The van der Waals surface area contributed by atoms with E-state index in [1.807, 2.05) is 0 Å². The number of hydrogen-bond acceptors (Lipinski definition) is 6. The molecule has 0 amide bonds. The van der Waals surface area contributed by atoms with E-state index in [1.165, 1.54) is 24.3 Å². The molecule has 0 atom stereocenters. The number of non-ortho nitro benzene ring substituents is 1. The lowest BCUT2D eigenvalue weighted by molar-refractivity contribution is -0.384. The quantitative estimate of drug-likeness (QED) is 0.281. The van der Waals surface area contributed by atoms with Crippen molar-refractivity contribution in [2.24, 2.45) is 0 Å². The predicted molar refractivity (Wildman–Crippen MR) is 104 cm³/mol. The monoisotopic (exact) mass is 395 g/mol. The average molecular weight is 396 g/mol. The van der Waals surface area contributed by atoms with Gasteiger partial charge in [-0.25, -0.2) is 0 Å². The average Bonchev–Trinajstić information content (AvgIpc) is 2.60. The van der Waals surface area contributed by atoms with Gasteiger partial charge in [0.25, 0.3) is 11.4 Å². The van der Waals surface area contributed by atoms with Gasteiger partial charge in [0.05, 0.1) is 20.6 Å². The Morgan fingerprint density at radius 3 is 2.46 bits per heavy atom. The maximum Gasteiger partial charge on any atom is 0.292 e. The van der Waals surface area contributed by atoms with E-state index in [2.05, 4.69) is 16.0 Å². The first-order valence-electron chi connectivity index (χ1n) is 7.34. The number of nitro benzene ring substituents is 2. The summed E-state index contributed by atoms with van der Waals surface area (Å²) >= 11 is 11.1. The van der Waals surface area contributed by atoms with Crippen LogP contribution in [-0.4, -0.2) is 28.0 Å². The first kappa shape index (κ1) is 19.3. The van der Waals surface area contributed by atoms with Crippen molar-refractivity contribution in [2.75, 3.05) is 23.7 Å². The van der Waals surface area contributed by atoms with Gasteiger partial charge in [0, 0.05) is 31.3 Å². The number of para-hydroxylation sites is 2. The van der Waals surface area contributed by atoms with Gasteiger partial charge in [-0.2, -0.15) is 0 Å². The molecule has 26 heavy (non-hydrogen) atoms. The molecule has 3 N–H and O–H groups in total. The molecule has 0 aromatic heterocycles. The van der Waals surface area contributed by atoms with Gasteiger partial charge in [0.1, 0.15) is 5.69 Å². The fourth-order valence-corrected chi connectivity index (χ4v) is 2.42. The van der Waals surface area contributed by atoms with Gasteiger partial charge in [-0.15, -0.1) is 0 Å². The second-order valence-electron chi connectivity index (χ2n) is 5.00. The van der Waals surface area contributed by atoms with Gasteiger partial charge in [-0.3, -0.25) is 20.2 Å². The van der Waals surface area contributed by atoms with E-state index in [9.17, 15) is 20.2 Å². The second kappa shape index (κ2) is 8.92. The molecule has 0 heterocycles. The van der Waals surface area contributed by atoms with Crippen LogP contribution in [0.15, 0.2) is 42.5 Å².